The molecule has 18 heavy (non-hydrogen) atoms. The van der Waals surface area contributed by atoms with Crippen LogP contribution in [-0.4, -0.2) is 10.1 Å². The SMILES string of the molecule is Cc1cccc(C)c1C(O)Cc1nc(C)c(C)s1. The van der Waals surface area contributed by atoms with E-state index in [1.54, 1.807) is 11.3 Å². The number of nitrogens with zero attached hydrogens (tertiary/aromatic N) is 1. The van der Waals surface area contributed by atoms with E-state index in [2.05, 4.69) is 11.9 Å². The summed E-state index contributed by atoms with van der Waals surface area (Å²) >= 11 is 1.68. The standard InChI is InChI=1S/C15H19NOS/c1-9-6-5-7-10(2)15(9)13(17)8-14-16-11(3)12(4)18-14/h5-7,13,17H,8H2,1-4H3. The maximum Gasteiger partial charge on any atom is 0.0960 e. The number of hydrogen-bond acceptors (Lipinski definition) is 3. The topological polar surface area (TPSA) is 33.1 Å². The number of hydrogen-bond donors (Lipinski definition) is 1. The molecule has 2 aromatic rings. The second kappa shape index (κ2) is 5.21. The molecule has 96 valence electrons. The van der Waals surface area contributed by atoms with Gasteiger partial charge in [0.1, 0.15) is 0 Å². The molecule has 0 aliphatic rings. The van der Waals surface area contributed by atoms with Crippen LogP contribution in [0, 0.1) is 27.7 Å². The molecule has 2 nitrogen and oxygen atoms in total. The molecule has 0 fully saturated rings. The molecule has 0 spiro atoms. The van der Waals surface area contributed by atoms with Gasteiger partial charge in [-0.05, 0) is 44.4 Å². The Morgan fingerprint density at radius 1 is 1.17 bits per heavy atom. The summed E-state index contributed by atoms with van der Waals surface area (Å²) in [5.74, 6) is 0. The van der Waals surface area contributed by atoms with Crippen molar-refractivity contribution in [2.24, 2.45) is 0 Å². The summed E-state index contributed by atoms with van der Waals surface area (Å²) < 4.78 is 0. The zero-order valence-electron chi connectivity index (χ0n) is 11.3. The minimum atomic E-state index is -0.462. The third-order valence-electron chi connectivity index (χ3n) is 3.32. The van der Waals surface area contributed by atoms with Gasteiger partial charge >= 0.3 is 0 Å². The number of aliphatic hydroxyl groups excluding tert-OH is 1. The summed E-state index contributed by atoms with van der Waals surface area (Å²) in [6, 6.07) is 6.12. The zero-order chi connectivity index (χ0) is 13.3. The molecule has 0 saturated heterocycles. The minimum Gasteiger partial charge on any atom is -0.388 e. The average Bonchev–Trinajstić information content (AvgIpc) is 2.57. The number of benzene rings is 1. The Hall–Kier alpha value is -1.19. The van der Waals surface area contributed by atoms with Crippen molar-refractivity contribution in [2.45, 2.75) is 40.2 Å². The monoisotopic (exact) mass is 261 g/mol. The molecule has 1 N–H and O–H groups in total. The molecule has 0 aliphatic heterocycles. The molecule has 0 radical (unpaired) electrons. The van der Waals surface area contributed by atoms with Crippen LogP contribution in [0.2, 0.25) is 0 Å². The highest BCUT2D eigenvalue weighted by Crippen LogP contribution is 2.27. The van der Waals surface area contributed by atoms with E-state index < -0.39 is 6.10 Å². The van der Waals surface area contributed by atoms with Gasteiger partial charge in [-0.25, -0.2) is 4.98 Å². The normalized spacial score (nSPS) is 12.7. The number of aliphatic hydroxyl groups is 1. The van der Waals surface area contributed by atoms with Gasteiger partial charge in [0.15, 0.2) is 0 Å². The van der Waals surface area contributed by atoms with Crippen LogP contribution in [0.3, 0.4) is 0 Å². The second-order valence-corrected chi connectivity index (χ2v) is 6.06. The van der Waals surface area contributed by atoms with E-state index in [4.69, 9.17) is 0 Å². The lowest BCUT2D eigenvalue weighted by molar-refractivity contribution is 0.177. The third kappa shape index (κ3) is 2.62. The van der Waals surface area contributed by atoms with Crippen LogP contribution in [0.25, 0.3) is 0 Å². The fourth-order valence-corrected chi connectivity index (χ4v) is 3.22. The molecule has 0 amide bonds. The van der Waals surface area contributed by atoms with E-state index in [1.165, 1.54) is 4.88 Å². The number of thiazole rings is 1. The molecular formula is C15H19NOS. The van der Waals surface area contributed by atoms with Crippen LogP contribution in [0.1, 0.15) is 38.4 Å². The van der Waals surface area contributed by atoms with Crippen molar-refractivity contribution in [3.63, 3.8) is 0 Å². The molecule has 1 heterocycles. The molecule has 1 aromatic heterocycles. The molecule has 0 bridgehead atoms. The van der Waals surface area contributed by atoms with Crippen molar-refractivity contribution in [3.8, 4) is 0 Å². The van der Waals surface area contributed by atoms with E-state index in [-0.39, 0.29) is 0 Å². The average molecular weight is 261 g/mol. The smallest absolute Gasteiger partial charge is 0.0960 e. The first kappa shape index (κ1) is 13.2. The maximum atomic E-state index is 10.4. The number of aromatic nitrogens is 1. The van der Waals surface area contributed by atoms with Gasteiger partial charge in [-0.3, -0.25) is 0 Å². The molecule has 0 aliphatic carbocycles. The Bertz CT molecular complexity index is 520. The molecule has 1 aromatic carbocycles. The van der Waals surface area contributed by atoms with Crippen molar-refractivity contribution >= 4 is 11.3 Å². The van der Waals surface area contributed by atoms with Gasteiger partial charge in [-0.1, -0.05) is 18.2 Å². The van der Waals surface area contributed by atoms with E-state index in [1.807, 2.05) is 39.0 Å². The van der Waals surface area contributed by atoms with E-state index >= 15 is 0 Å². The fraction of sp³-hybridized carbons (Fsp3) is 0.400. The summed E-state index contributed by atoms with van der Waals surface area (Å²) in [5.41, 5.74) is 4.41. The number of aryl methyl sites for hydroxylation is 4. The van der Waals surface area contributed by atoms with Crippen LogP contribution >= 0.6 is 11.3 Å². The van der Waals surface area contributed by atoms with Crippen LogP contribution < -0.4 is 0 Å². The molecule has 0 saturated carbocycles. The first-order valence-electron chi connectivity index (χ1n) is 6.16. The largest absolute Gasteiger partial charge is 0.388 e. The highest BCUT2D eigenvalue weighted by molar-refractivity contribution is 7.11. The van der Waals surface area contributed by atoms with Crippen molar-refractivity contribution < 1.29 is 5.11 Å². The lowest BCUT2D eigenvalue weighted by atomic mass is 9.96. The minimum absolute atomic E-state index is 0.462. The maximum absolute atomic E-state index is 10.4. The first-order chi connectivity index (χ1) is 8.49. The Labute approximate surface area is 112 Å². The Balaban J connectivity index is 2.24. The lowest BCUT2D eigenvalue weighted by Crippen LogP contribution is -2.06. The van der Waals surface area contributed by atoms with Gasteiger partial charge < -0.3 is 5.11 Å². The summed E-state index contributed by atoms with van der Waals surface area (Å²) in [4.78, 5) is 5.73. The Morgan fingerprint density at radius 3 is 2.28 bits per heavy atom. The predicted octanol–water partition coefficient (Wildman–Crippen LogP) is 3.65. The Morgan fingerprint density at radius 2 is 1.78 bits per heavy atom. The van der Waals surface area contributed by atoms with E-state index in [0.29, 0.717) is 6.42 Å². The van der Waals surface area contributed by atoms with Gasteiger partial charge in [0, 0.05) is 11.3 Å². The fourth-order valence-electron chi connectivity index (χ4n) is 2.25. The highest BCUT2D eigenvalue weighted by Gasteiger charge is 2.16. The van der Waals surface area contributed by atoms with Crippen LogP contribution in [0.5, 0.6) is 0 Å². The van der Waals surface area contributed by atoms with Crippen molar-refractivity contribution in [3.05, 3.63) is 50.5 Å². The van der Waals surface area contributed by atoms with E-state index in [0.717, 1.165) is 27.4 Å². The van der Waals surface area contributed by atoms with Gasteiger partial charge in [-0.2, -0.15) is 0 Å². The van der Waals surface area contributed by atoms with Crippen LogP contribution in [-0.2, 0) is 6.42 Å². The summed E-state index contributed by atoms with van der Waals surface area (Å²) in [6.45, 7) is 8.18. The molecular weight excluding hydrogens is 242 g/mol. The molecule has 1 atom stereocenters. The molecule has 1 unspecified atom stereocenters. The molecule has 2 rings (SSSR count). The van der Waals surface area contributed by atoms with Crippen molar-refractivity contribution in [1.82, 2.24) is 4.98 Å². The van der Waals surface area contributed by atoms with Gasteiger partial charge in [0.05, 0.1) is 16.8 Å². The second-order valence-electron chi connectivity index (χ2n) is 4.77. The zero-order valence-corrected chi connectivity index (χ0v) is 12.1. The highest BCUT2D eigenvalue weighted by atomic mass is 32.1. The number of rotatable bonds is 3. The predicted molar refractivity (Wildman–Crippen MR) is 76.2 cm³/mol. The van der Waals surface area contributed by atoms with Crippen LogP contribution in [0.4, 0.5) is 0 Å². The van der Waals surface area contributed by atoms with Gasteiger partial charge in [0.2, 0.25) is 0 Å². The van der Waals surface area contributed by atoms with Crippen molar-refractivity contribution in [1.29, 1.82) is 0 Å². The summed E-state index contributed by atoms with van der Waals surface area (Å²) in [5, 5.41) is 11.4. The summed E-state index contributed by atoms with van der Waals surface area (Å²) in [7, 11) is 0. The van der Waals surface area contributed by atoms with Gasteiger partial charge in [-0.15, -0.1) is 11.3 Å². The van der Waals surface area contributed by atoms with Crippen molar-refractivity contribution in [2.75, 3.05) is 0 Å². The third-order valence-corrected chi connectivity index (χ3v) is 4.41. The first-order valence-corrected chi connectivity index (χ1v) is 6.97. The Kier molecular flexibility index (Phi) is 3.83. The summed E-state index contributed by atoms with van der Waals surface area (Å²) in [6.07, 6.45) is 0.140. The van der Waals surface area contributed by atoms with Gasteiger partial charge in [0.25, 0.3) is 0 Å². The molecule has 3 heteroatoms. The van der Waals surface area contributed by atoms with Crippen LogP contribution in [0.15, 0.2) is 18.2 Å². The quantitative estimate of drug-likeness (QED) is 0.914. The lowest BCUT2D eigenvalue weighted by Gasteiger charge is -2.15. The van der Waals surface area contributed by atoms with E-state index in [9.17, 15) is 5.11 Å².